The second kappa shape index (κ2) is 10.2. The van der Waals surface area contributed by atoms with Crippen LogP contribution in [0.1, 0.15) is 32.8 Å². The maximum absolute atomic E-state index is 13.5. The van der Waals surface area contributed by atoms with Gasteiger partial charge < -0.3 is 19.5 Å². The van der Waals surface area contributed by atoms with E-state index in [2.05, 4.69) is 10.4 Å². The molecule has 0 bridgehead atoms. The third-order valence-electron chi connectivity index (χ3n) is 6.08. The minimum Gasteiger partial charge on any atom is -0.497 e. The van der Waals surface area contributed by atoms with Gasteiger partial charge in [0.1, 0.15) is 11.4 Å². The average Bonchev–Trinajstić information content (AvgIpc) is 3.48. The Labute approximate surface area is 198 Å². The molecule has 34 heavy (non-hydrogen) atoms. The summed E-state index contributed by atoms with van der Waals surface area (Å²) in [5.74, 6) is 0.404. The number of hydrogen-bond donors (Lipinski definition) is 1. The van der Waals surface area contributed by atoms with Crippen LogP contribution in [0.15, 0.2) is 73.2 Å². The number of hydrogen-bond acceptors (Lipinski definition) is 4. The van der Waals surface area contributed by atoms with Gasteiger partial charge in [0.05, 0.1) is 24.4 Å². The Morgan fingerprint density at radius 2 is 1.91 bits per heavy atom. The summed E-state index contributed by atoms with van der Waals surface area (Å²) in [5, 5.41) is 7.30. The molecule has 3 aromatic heterocycles. The molecule has 2 amide bonds. The van der Waals surface area contributed by atoms with E-state index in [0.29, 0.717) is 41.9 Å². The Bertz CT molecular complexity index is 1280. The van der Waals surface area contributed by atoms with Crippen molar-refractivity contribution in [3.8, 4) is 5.75 Å². The fraction of sp³-hybridized carbons (Fsp3) is 0.269. The number of benzene rings is 1. The summed E-state index contributed by atoms with van der Waals surface area (Å²) in [5.41, 5.74) is 2.92. The van der Waals surface area contributed by atoms with Crippen molar-refractivity contribution in [2.75, 3.05) is 20.7 Å². The predicted octanol–water partition coefficient (Wildman–Crippen LogP) is 3.18. The lowest BCUT2D eigenvalue weighted by Gasteiger charge is -2.28. The standard InChI is InChI=1S/C26H29N5O3/c1-29-14-7-10-23(29)25(32)27-13-11-20(16-19-8-5-4-6-9-19)30(2)26(33)22-18-28-31-15-12-21(34-3)17-24(22)31/h4-10,12,14-15,17-18,20H,11,13,16H2,1-3H3,(H,27,32). The van der Waals surface area contributed by atoms with Gasteiger partial charge >= 0.3 is 0 Å². The number of carbonyl (C=O) groups excluding carboxylic acids is 2. The molecule has 0 aliphatic heterocycles. The lowest BCUT2D eigenvalue weighted by molar-refractivity contribution is 0.0724. The zero-order chi connectivity index (χ0) is 24.1. The third-order valence-corrected chi connectivity index (χ3v) is 6.08. The second-order valence-corrected chi connectivity index (χ2v) is 8.26. The molecule has 8 heteroatoms. The molecule has 0 saturated carbocycles. The molecule has 0 spiro atoms. The van der Waals surface area contributed by atoms with Gasteiger partial charge in [0.2, 0.25) is 0 Å². The van der Waals surface area contributed by atoms with Crippen LogP contribution in [0.5, 0.6) is 5.75 Å². The van der Waals surface area contributed by atoms with Crippen LogP contribution < -0.4 is 10.1 Å². The minimum absolute atomic E-state index is 0.121. The van der Waals surface area contributed by atoms with E-state index in [9.17, 15) is 9.59 Å². The first kappa shape index (κ1) is 23.1. The summed E-state index contributed by atoms with van der Waals surface area (Å²) in [6.45, 7) is 0.446. The number of nitrogens with one attached hydrogen (secondary N) is 1. The van der Waals surface area contributed by atoms with Gasteiger partial charge in [0.25, 0.3) is 11.8 Å². The Morgan fingerprint density at radius 1 is 1.12 bits per heavy atom. The van der Waals surface area contributed by atoms with Gasteiger partial charge in [-0.15, -0.1) is 0 Å². The van der Waals surface area contributed by atoms with E-state index in [1.807, 2.05) is 49.6 Å². The number of carbonyl (C=O) groups is 2. The topological polar surface area (TPSA) is 80.9 Å². The lowest BCUT2D eigenvalue weighted by Crippen LogP contribution is -2.41. The molecule has 1 aromatic carbocycles. The molecule has 0 saturated heterocycles. The van der Waals surface area contributed by atoms with E-state index in [-0.39, 0.29) is 17.9 Å². The highest BCUT2D eigenvalue weighted by Crippen LogP contribution is 2.21. The fourth-order valence-corrected chi connectivity index (χ4v) is 4.07. The van der Waals surface area contributed by atoms with Gasteiger partial charge in [-0.1, -0.05) is 30.3 Å². The van der Waals surface area contributed by atoms with Crippen LogP contribution in [0.2, 0.25) is 0 Å². The number of fused-ring (bicyclic) bond motifs is 1. The Hall–Kier alpha value is -4.07. The normalized spacial score (nSPS) is 11.9. The molecule has 0 aliphatic carbocycles. The SMILES string of the molecule is COc1ccn2ncc(C(=O)N(C)C(CCNC(=O)c3cccn3C)Cc3ccccc3)c2c1. The molecule has 1 atom stereocenters. The molecular weight excluding hydrogens is 430 g/mol. The van der Waals surface area contributed by atoms with Gasteiger partial charge in [0.15, 0.2) is 0 Å². The van der Waals surface area contributed by atoms with Crippen LogP contribution in [-0.2, 0) is 13.5 Å². The molecule has 8 nitrogen and oxygen atoms in total. The first-order chi connectivity index (χ1) is 16.5. The number of nitrogens with zero attached hydrogens (tertiary/aromatic N) is 4. The molecular formula is C26H29N5O3. The van der Waals surface area contributed by atoms with Crippen LogP contribution in [-0.4, -0.2) is 57.6 Å². The monoisotopic (exact) mass is 459 g/mol. The number of aryl methyl sites for hydroxylation is 1. The summed E-state index contributed by atoms with van der Waals surface area (Å²) in [6, 6.07) is 17.2. The minimum atomic E-state index is -0.130. The van der Waals surface area contributed by atoms with Gasteiger partial charge in [-0.2, -0.15) is 5.10 Å². The maximum atomic E-state index is 13.5. The Kier molecular flexibility index (Phi) is 6.96. The van der Waals surface area contributed by atoms with Crippen LogP contribution in [0.25, 0.3) is 5.52 Å². The molecule has 3 heterocycles. The molecule has 1 N–H and O–H groups in total. The highest BCUT2D eigenvalue weighted by Gasteiger charge is 2.24. The fourth-order valence-electron chi connectivity index (χ4n) is 4.07. The maximum Gasteiger partial charge on any atom is 0.267 e. The van der Waals surface area contributed by atoms with E-state index >= 15 is 0 Å². The first-order valence-electron chi connectivity index (χ1n) is 11.2. The highest BCUT2D eigenvalue weighted by molar-refractivity contribution is 6.00. The molecule has 0 fully saturated rings. The van der Waals surface area contributed by atoms with Crippen molar-refractivity contribution in [1.29, 1.82) is 0 Å². The van der Waals surface area contributed by atoms with E-state index in [1.165, 1.54) is 0 Å². The first-order valence-corrected chi connectivity index (χ1v) is 11.2. The highest BCUT2D eigenvalue weighted by atomic mass is 16.5. The van der Waals surface area contributed by atoms with Gasteiger partial charge in [-0.25, -0.2) is 4.52 Å². The van der Waals surface area contributed by atoms with Crippen LogP contribution in [0, 0.1) is 0 Å². The Morgan fingerprint density at radius 3 is 2.62 bits per heavy atom. The number of aromatic nitrogens is 3. The van der Waals surface area contributed by atoms with Crippen molar-refractivity contribution in [1.82, 2.24) is 24.4 Å². The zero-order valence-corrected chi connectivity index (χ0v) is 19.6. The van der Waals surface area contributed by atoms with Crippen LogP contribution in [0.3, 0.4) is 0 Å². The predicted molar refractivity (Wildman–Crippen MR) is 130 cm³/mol. The van der Waals surface area contributed by atoms with Crippen molar-refractivity contribution < 1.29 is 14.3 Å². The summed E-state index contributed by atoms with van der Waals surface area (Å²) in [4.78, 5) is 27.8. The largest absolute Gasteiger partial charge is 0.497 e. The zero-order valence-electron chi connectivity index (χ0n) is 19.6. The molecule has 0 radical (unpaired) electrons. The van der Waals surface area contributed by atoms with Crippen molar-refractivity contribution in [2.45, 2.75) is 18.9 Å². The van der Waals surface area contributed by atoms with Crippen LogP contribution in [0.4, 0.5) is 0 Å². The summed E-state index contributed by atoms with van der Waals surface area (Å²) in [6.07, 6.45) is 6.47. The molecule has 0 aliphatic rings. The van der Waals surface area contributed by atoms with Crippen molar-refractivity contribution >= 4 is 17.3 Å². The smallest absolute Gasteiger partial charge is 0.267 e. The summed E-state index contributed by atoms with van der Waals surface area (Å²) in [7, 11) is 5.23. The molecule has 4 aromatic rings. The number of rotatable bonds is 9. The number of ether oxygens (including phenoxy) is 1. The summed E-state index contributed by atoms with van der Waals surface area (Å²) >= 11 is 0. The number of likely N-dealkylation sites (N-methyl/N-ethyl adjacent to an activating group) is 1. The van der Waals surface area contributed by atoms with Crippen LogP contribution >= 0.6 is 0 Å². The number of amides is 2. The molecule has 4 rings (SSSR count). The third kappa shape index (κ3) is 4.96. The summed E-state index contributed by atoms with van der Waals surface area (Å²) < 4.78 is 8.77. The van der Waals surface area contributed by atoms with E-state index in [1.54, 1.807) is 58.7 Å². The van der Waals surface area contributed by atoms with Crippen molar-refractivity contribution in [3.63, 3.8) is 0 Å². The van der Waals surface area contributed by atoms with Gasteiger partial charge in [-0.3, -0.25) is 9.59 Å². The lowest BCUT2D eigenvalue weighted by atomic mass is 10.0. The number of methoxy groups -OCH3 is 1. The second-order valence-electron chi connectivity index (χ2n) is 8.26. The molecule has 1 unspecified atom stereocenters. The van der Waals surface area contributed by atoms with E-state index < -0.39 is 0 Å². The van der Waals surface area contributed by atoms with E-state index in [4.69, 9.17) is 4.74 Å². The quantitative estimate of drug-likeness (QED) is 0.417. The molecule has 176 valence electrons. The number of pyridine rings is 1. The average molecular weight is 460 g/mol. The van der Waals surface area contributed by atoms with Gasteiger partial charge in [-0.05, 0) is 36.6 Å². The Balaban J connectivity index is 1.52. The van der Waals surface area contributed by atoms with Crippen molar-refractivity contribution in [3.05, 3.63) is 90.0 Å². The van der Waals surface area contributed by atoms with Gasteiger partial charge in [0, 0.05) is 45.1 Å². The van der Waals surface area contributed by atoms with E-state index in [0.717, 1.165) is 5.56 Å². The van der Waals surface area contributed by atoms with Crippen molar-refractivity contribution in [2.24, 2.45) is 7.05 Å².